The van der Waals surface area contributed by atoms with Gasteiger partial charge in [-0.3, -0.25) is 4.79 Å². The van der Waals surface area contributed by atoms with Crippen LogP contribution in [-0.2, 0) is 21.4 Å². The van der Waals surface area contributed by atoms with E-state index in [1.165, 1.54) is 6.07 Å². The second kappa shape index (κ2) is 11.8. The molecule has 4 N–H and O–H groups in total. The second-order valence-corrected chi connectivity index (χ2v) is 11.2. The molecule has 2 amide bonds. The van der Waals surface area contributed by atoms with Crippen molar-refractivity contribution in [1.29, 1.82) is 0 Å². The molecule has 0 saturated carbocycles. The molecule has 0 bridgehead atoms. The zero-order valence-electron chi connectivity index (χ0n) is 19.6. The molecule has 0 spiro atoms. The van der Waals surface area contributed by atoms with E-state index < -0.39 is 22.0 Å². The van der Waals surface area contributed by atoms with Crippen LogP contribution >= 0.6 is 11.3 Å². The number of carboxylic acids is 1. The van der Waals surface area contributed by atoms with Gasteiger partial charge in [0, 0.05) is 17.1 Å². The van der Waals surface area contributed by atoms with Crippen LogP contribution in [0, 0.1) is 0 Å². The van der Waals surface area contributed by atoms with Crippen molar-refractivity contribution in [2.24, 2.45) is 0 Å². The average molecular weight is 536 g/mol. The zero-order valence-corrected chi connectivity index (χ0v) is 21.3. The minimum Gasteiger partial charge on any atom is -0.481 e. The van der Waals surface area contributed by atoms with Crippen LogP contribution in [0.2, 0.25) is 0 Å². The molecule has 3 aromatic carbocycles. The highest BCUT2D eigenvalue weighted by atomic mass is 32.2. The summed E-state index contributed by atoms with van der Waals surface area (Å²) >= 11 is 1.06. The Hall–Kier alpha value is -3.99. The van der Waals surface area contributed by atoms with Gasteiger partial charge >= 0.3 is 12.0 Å². The van der Waals surface area contributed by atoms with Crippen molar-refractivity contribution in [3.63, 3.8) is 0 Å². The lowest BCUT2D eigenvalue weighted by Crippen LogP contribution is -2.29. The number of amides is 2. The average Bonchev–Trinajstić information content (AvgIpc) is 3.40. The third-order valence-corrected chi connectivity index (χ3v) is 8.52. The van der Waals surface area contributed by atoms with Crippen LogP contribution in [0.1, 0.15) is 23.6 Å². The Morgan fingerprint density at radius 3 is 2.27 bits per heavy atom. The van der Waals surface area contributed by atoms with E-state index in [1.54, 1.807) is 54.6 Å². The summed E-state index contributed by atoms with van der Waals surface area (Å²) in [5.41, 5.74) is 2.84. The second-order valence-electron chi connectivity index (χ2n) is 8.18. The van der Waals surface area contributed by atoms with Gasteiger partial charge < -0.3 is 15.7 Å². The fourth-order valence-electron chi connectivity index (χ4n) is 3.66. The maximum atomic E-state index is 13.1. The maximum Gasteiger partial charge on any atom is 0.319 e. The molecule has 4 rings (SSSR count). The Kier molecular flexibility index (Phi) is 8.34. The van der Waals surface area contributed by atoms with E-state index in [1.807, 2.05) is 36.4 Å². The number of hydrogen-bond donors (Lipinski definition) is 4. The quantitative estimate of drug-likeness (QED) is 0.221. The Bertz CT molecular complexity index is 1470. The highest BCUT2D eigenvalue weighted by Gasteiger charge is 2.25. The van der Waals surface area contributed by atoms with Crippen LogP contribution < -0.4 is 15.4 Å². The number of urea groups is 1. The van der Waals surface area contributed by atoms with Crippen LogP contribution in [0.4, 0.5) is 10.5 Å². The summed E-state index contributed by atoms with van der Waals surface area (Å²) in [7, 11) is -3.98. The minimum atomic E-state index is -3.98. The summed E-state index contributed by atoms with van der Waals surface area (Å²) in [6.45, 7) is 0.386. The Morgan fingerprint density at radius 2 is 1.57 bits per heavy atom. The number of rotatable bonds is 10. The number of benzene rings is 3. The first-order valence-corrected chi connectivity index (χ1v) is 13.7. The Labute approximate surface area is 219 Å². The SMILES string of the molecule is O=C(O)CC(NS(=O)(=O)c1ccc(-c2cccc(NC(=O)NCc3ccccc3)c2)s1)c1ccccc1. The van der Waals surface area contributed by atoms with Gasteiger partial charge in [-0.1, -0.05) is 72.8 Å². The van der Waals surface area contributed by atoms with E-state index in [4.69, 9.17) is 0 Å². The van der Waals surface area contributed by atoms with Crippen molar-refractivity contribution < 1.29 is 23.1 Å². The molecule has 8 nitrogen and oxygen atoms in total. The van der Waals surface area contributed by atoms with E-state index in [9.17, 15) is 23.1 Å². The molecule has 1 heterocycles. The van der Waals surface area contributed by atoms with Gasteiger partial charge in [-0.25, -0.2) is 17.9 Å². The van der Waals surface area contributed by atoms with Crippen molar-refractivity contribution in [3.05, 3.63) is 108 Å². The first-order valence-electron chi connectivity index (χ1n) is 11.4. The monoisotopic (exact) mass is 535 g/mol. The van der Waals surface area contributed by atoms with Crippen molar-refractivity contribution in [2.45, 2.75) is 23.2 Å². The van der Waals surface area contributed by atoms with Crippen LogP contribution in [0.5, 0.6) is 0 Å². The summed E-state index contributed by atoms with van der Waals surface area (Å²) in [6.07, 6.45) is -0.387. The number of thiophene rings is 1. The third kappa shape index (κ3) is 7.26. The summed E-state index contributed by atoms with van der Waals surface area (Å²) in [4.78, 5) is 24.3. The van der Waals surface area contributed by atoms with Crippen molar-refractivity contribution >= 4 is 39.0 Å². The number of hydrogen-bond acceptors (Lipinski definition) is 5. The first kappa shape index (κ1) is 26.1. The van der Waals surface area contributed by atoms with Crippen LogP contribution in [0.15, 0.2) is 101 Å². The van der Waals surface area contributed by atoms with E-state index in [2.05, 4.69) is 15.4 Å². The first-order chi connectivity index (χ1) is 17.8. The number of aliphatic carboxylic acids is 1. The molecule has 0 aliphatic heterocycles. The van der Waals surface area contributed by atoms with E-state index in [0.717, 1.165) is 22.5 Å². The van der Waals surface area contributed by atoms with E-state index in [0.29, 0.717) is 22.7 Å². The van der Waals surface area contributed by atoms with Gasteiger partial charge in [0.1, 0.15) is 4.21 Å². The van der Waals surface area contributed by atoms with Gasteiger partial charge in [0.15, 0.2) is 0 Å². The smallest absolute Gasteiger partial charge is 0.319 e. The van der Waals surface area contributed by atoms with Crippen molar-refractivity contribution in [1.82, 2.24) is 10.0 Å². The van der Waals surface area contributed by atoms with Gasteiger partial charge in [0.05, 0.1) is 12.5 Å². The lowest BCUT2D eigenvalue weighted by atomic mass is 10.1. The van der Waals surface area contributed by atoms with Gasteiger partial charge in [0.2, 0.25) is 0 Å². The molecule has 1 aromatic heterocycles. The molecule has 0 aliphatic carbocycles. The zero-order chi connectivity index (χ0) is 26.3. The normalized spacial score (nSPS) is 12.0. The molecule has 1 unspecified atom stereocenters. The van der Waals surface area contributed by atoms with E-state index >= 15 is 0 Å². The lowest BCUT2D eigenvalue weighted by molar-refractivity contribution is -0.137. The standard InChI is InChI=1S/C27H25N3O5S2/c31-25(32)17-23(20-10-5-2-6-11-20)30-37(34,35)26-15-14-24(36-26)21-12-7-13-22(16-21)29-27(33)28-18-19-8-3-1-4-9-19/h1-16,23,30H,17-18H2,(H,31,32)(H2,28,29,33). The molecule has 10 heteroatoms. The Morgan fingerprint density at radius 1 is 0.865 bits per heavy atom. The predicted molar refractivity (Wildman–Crippen MR) is 144 cm³/mol. The summed E-state index contributed by atoms with van der Waals surface area (Å²) in [5, 5.41) is 14.9. The third-order valence-electron chi connectivity index (χ3n) is 5.43. The van der Waals surface area contributed by atoms with Gasteiger partial charge in [-0.05, 0) is 41.0 Å². The number of carbonyl (C=O) groups excluding carboxylic acids is 1. The molecule has 0 fully saturated rings. The predicted octanol–water partition coefficient (Wildman–Crippen LogP) is 5.23. The fourth-order valence-corrected chi connectivity index (χ4v) is 6.20. The number of carboxylic acid groups (broad SMARTS) is 1. The largest absolute Gasteiger partial charge is 0.481 e. The molecule has 0 aliphatic rings. The maximum absolute atomic E-state index is 13.1. The highest BCUT2D eigenvalue weighted by molar-refractivity contribution is 7.91. The lowest BCUT2D eigenvalue weighted by Gasteiger charge is -2.16. The topological polar surface area (TPSA) is 125 Å². The van der Waals surface area contributed by atoms with Crippen LogP contribution in [0.3, 0.4) is 0 Å². The molecule has 0 saturated heterocycles. The van der Waals surface area contributed by atoms with Gasteiger partial charge in [0.25, 0.3) is 10.0 Å². The van der Waals surface area contributed by atoms with Gasteiger partial charge in [-0.15, -0.1) is 11.3 Å². The number of carbonyl (C=O) groups is 2. The summed E-state index contributed by atoms with van der Waals surface area (Å²) in [5.74, 6) is -1.11. The summed E-state index contributed by atoms with van der Waals surface area (Å²) in [6, 6.07) is 27.1. The molecule has 1 atom stereocenters. The van der Waals surface area contributed by atoms with Crippen molar-refractivity contribution in [3.8, 4) is 10.4 Å². The van der Waals surface area contributed by atoms with Crippen molar-refractivity contribution in [2.75, 3.05) is 5.32 Å². The van der Waals surface area contributed by atoms with E-state index in [-0.39, 0.29) is 16.7 Å². The number of anilines is 1. The molecular formula is C27H25N3O5S2. The van der Waals surface area contributed by atoms with Crippen LogP contribution in [0.25, 0.3) is 10.4 Å². The fraction of sp³-hybridized carbons (Fsp3) is 0.111. The number of sulfonamides is 1. The number of nitrogens with one attached hydrogen (secondary N) is 3. The van der Waals surface area contributed by atoms with Gasteiger partial charge in [-0.2, -0.15) is 0 Å². The molecule has 0 radical (unpaired) electrons. The Balaban J connectivity index is 1.45. The highest BCUT2D eigenvalue weighted by Crippen LogP contribution is 2.33. The molecule has 190 valence electrons. The minimum absolute atomic E-state index is 0.0628. The molecule has 4 aromatic rings. The molecule has 37 heavy (non-hydrogen) atoms. The summed E-state index contributed by atoms with van der Waals surface area (Å²) < 4.78 is 28.8. The van der Waals surface area contributed by atoms with Crippen LogP contribution in [-0.4, -0.2) is 25.5 Å². The molecular weight excluding hydrogens is 510 g/mol.